The van der Waals surface area contributed by atoms with Gasteiger partial charge in [0.1, 0.15) is 0 Å². The monoisotopic (exact) mass is 142 g/mol. The molecule has 1 aromatic rings. The van der Waals surface area contributed by atoms with Gasteiger partial charge in [0.05, 0.1) is 0 Å². The van der Waals surface area contributed by atoms with Crippen molar-refractivity contribution in [1.82, 2.24) is 0 Å². The molecule has 0 atom stereocenters. The summed E-state index contributed by atoms with van der Waals surface area (Å²) < 4.78 is 0. The molecule has 0 spiro atoms. The highest BCUT2D eigenvalue weighted by Gasteiger charge is 1.96. The van der Waals surface area contributed by atoms with Crippen LogP contribution in [0.1, 0.15) is 5.56 Å². The Kier molecular flexibility index (Phi) is 1.48. The summed E-state index contributed by atoms with van der Waals surface area (Å²) in [6, 6.07) is 9.06. The number of allylic oxidation sites excluding steroid dienone is 2. The molecular formula is C10H8N. The third-order valence-electron chi connectivity index (χ3n) is 1.60. The van der Waals surface area contributed by atoms with Crippen molar-refractivity contribution in [3.05, 3.63) is 48.2 Å². The molecular weight excluding hydrogens is 134 g/mol. The Morgan fingerprint density at radius 1 is 1.27 bits per heavy atom. The normalized spacial score (nSPS) is 13.5. The summed E-state index contributed by atoms with van der Waals surface area (Å²) in [5.74, 6) is 0. The van der Waals surface area contributed by atoms with Gasteiger partial charge in [-0.3, -0.25) is 0 Å². The van der Waals surface area contributed by atoms with Crippen molar-refractivity contribution in [2.45, 2.75) is 0 Å². The number of hydrogen-bond donors (Lipinski definition) is 1. The van der Waals surface area contributed by atoms with Gasteiger partial charge in [0.15, 0.2) is 0 Å². The van der Waals surface area contributed by atoms with Crippen molar-refractivity contribution in [1.29, 1.82) is 0 Å². The van der Waals surface area contributed by atoms with Gasteiger partial charge >= 0.3 is 0 Å². The first kappa shape index (κ1) is 6.23. The fourth-order valence-corrected chi connectivity index (χ4v) is 1.06. The lowest BCUT2D eigenvalue weighted by molar-refractivity contribution is 1.56. The Morgan fingerprint density at radius 3 is 3.27 bits per heavy atom. The molecule has 1 heteroatoms. The van der Waals surface area contributed by atoms with Crippen molar-refractivity contribution >= 4 is 11.8 Å². The van der Waals surface area contributed by atoms with Crippen LogP contribution in [0.5, 0.6) is 0 Å². The van der Waals surface area contributed by atoms with Gasteiger partial charge in [-0.25, -0.2) is 0 Å². The first-order valence-electron chi connectivity index (χ1n) is 3.57. The number of nitrogens with one attached hydrogen (secondary N) is 1. The molecule has 1 aliphatic heterocycles. The van der Waals surface area contributed by atoms with Crippen LogP contribution in [0.3, 0.4) is 0 Å². The van der Waals surface area contributed by atoms with Gasteiger partial charge in [-0.05, 0) is 18.2 Å². The maximum Gasteiger partial charge on any atom is 0.0459 e. The first-order valence-corrected chi connectivity index (χ1v) is 3.57. The van der Waals surface area contributed by atoms with Gasteiger partial charge in [0.25, 0.3) is 0 Å². The number of fused-ring (bicyclic) bond motifs is 1. The van der Waals surface area contributed by atoms with E-state index in [1.807, 2.05) is 42.6 Å². The lowest BCUT2D eigenvalue weighted by Gasteiger charge is -2.01. The Balaban J connectivity index is 2.52. The van der Waals surface area contributed by atoms with E-state index in [2.05, 4.69) is 11.4 Å². The lowest BCUT2D eigenvalue weighted by atomic mass is 10.2. The molecule has 1 heterocycles. The minimum atomic E-state index is 1.11. The smallest absolute Gasteiger partial charge is 0.0459 e. The van der Waals surface area contributed by atoms with Crippen molar-refractivity contribution in [3.63, 3.8) is 0 Å². The molecule has 53 valence electrons. The summed E-state index contributed by atoms with van der Waals surface area (Å²) in [5.41, 5.74) is 2.22. The topological polar surface area (TPSA) is 12.0 Å². The SMILES string of the molecule is [c]1cccc2c1C=CC=CN2. The van der Waals surface area contributed by atoms with Gasteiger partial charge in [-0.15, -0.1) is 0 Å². The molecule has 1 N–H and O–H groups in total. The molecule has 1 radical (unpaired) electrons. The highest BCUT2D eigenvalue weighted by atomic mass is 14.8. The molecule has 0 aliphatic carbocycles. The molecule has 0 bridgehead atoms. The maximum atomic E-state index is 3.15. The van der Waals surface area contributed by atoms with Crippen LogP contribution in [-0.4, -0.2) is 0 Å². The van der Waals surface area contributed by atoms with E-state index < -0.39 is 0 Å². The quantitative estimate of drug-likeness (QED) is 0.586. The predicted octanol–water partition coefficient (Wildman–Crippen LogP) is 2.44. The largest absolute Gasteiger partial charge is 0.361 e. The Hall–Kier alpha value is -1.50. The van der Waals surface area contributed by atoms with E-state index in [1.54, 1.807) is 0 Å². The third kappa shape index (κ3) is 1.17. The second-order valence-electron chi connectivity index (χ2n) is 2.36. The number of anilines is 1. The lowest BCUT2D eigenvalue weighted by Crippen LogP contribution is -1.87. The van der Waals surface area contributed by atoms with Crippen molar-refractivity contribution in [3.8, 4) is 0 Å². The minimum absolute atomic E-state index is 1.11. The summed E-state index contributed by atoms with van der Waals surface area (Å²) >= 11 is 0. The van der Waals surface area contributed by atoms with E-state index in [0.29, 0.717) is 0 Å². The van der Waals surface area contributed by atoms with E-state index in [1.165, 1.54) is 0 Å². The Bertz CT molecular complexity index is 310. The van der Waals surface area contributed by atoms with E-state index in [4.69, 9.17) is 0 Å². The van der Waals surface area contributed by atoms with Crippen molar-refractivity contribution in [2.75, 3.05) is 5.32 Å². The van der Waals surface area contributed by atoms with Gasteiger partial charge in [0, 0.05) is 17.5 Å². The number of hydrogen-bond acceptors (Lipinski definition) is 1. The van der Waals surface area contributed by atoms with Crippen LogP contribution in [-0.2, 0) is 0 Å². The summed E-state index contributed by atoms with van der Waals surface area (Å²) in [6.07, 6.45) is 7.91. The Labute approximate surface area is 66.1 Å². The van der Waals surface area contributed by atoms with Crippen LogP contribution in [0.25, 0.3) is 6.08 Å². The average Bonchev–Trinajstić information content (AvgIpc) is 2.28. The van der Waals surface area contributed by atoms with E-state index in [9.17, 15) is 0 Å². The maximum absolute atomic E-state index is 3.15. The zero-order valence-corrected chi connectivity index (χ0v) is 6.04. The van der Waals surface area contributed by atoms with E-state index in [-0.39, 0.29) is 0 Å². The zero-order chi connectivity index (χ0) is 7.52. The number of rotatable bonds is 0. The molecule has 0 saturated heterocycles. The van der Waals surface area contributed by atoms with Crippen molar-refractivity contribution in [2.24, 2.45) is 0 Å². The van der Waals surface area contributed by atoms with Gasteiger partial charge in [0.2, 0.25) is 0 Å². The van der Waals surface area contributed by atoms with Crippen LogP contribution in [0, 0.1) is 6.07 Å². The van der Waals surface area contributed by atoms with Crippen LogP contribution >= 0.6 is 0 Å². The summed E-state index contributed by atoms with van der Waals surface area (Å²) in [5, 5.41) is 3.15. The third-order valence-corrected chi connectivity index (χ3v) is 1.60. The van der Waals surface area contributed by atoms with E-state index in [0.717, 1.165) is 11.3 Å². The molecule has 0 saturated carbocycles. The molecule has 1 nitrogen and oxygen atoms in total. The molecule has 11 heavy (non-hydrogen) atoms. The highest BCUT2D eigenvalue weighted by Crippen LogP contribution is 2.17. The molecule has 0 fully saturated rings. The summed E-state index contributed by atoms with van der Waals surface area (Å²) in [6.45, 7) is 0. The standard InChI is InChI=1S/C10H8N/c1-2-7-10-9(5-1)6-3-4-8-11-10/h1-4,6-8,11H. The molecule has 0 unspecified atom stereocenters. The van der Waals surface area contributed by atoms with E-state index >= 15 is 0 Å². The van der Waals surface area contributed by atoms with Gasteiger partial charge < -0.3 is 5.32 Å². The van der Waals surface area contributed by atoms with Crippen LogP contribution in [0.15, 0.2) is 36.6 Å². The molecule has 2 rings (SSSR count). The number of benzene rings is 1. The van der Waals surface area contributed by atoms with Crippen LogP contribution < -0.4 is 5.32 Å². The molecule has 1 aromatic carbocycles. The van der Waals surface area contributed by atoms with Gasteiger partial charge in [-0.1, -0.05) is 24.3 Å². The zero-order valence-electron chi connectivity index (χ0n) is 6.04. The van der Waals surface area contributed by atoms with Crippen molar-refractivity contribution < 1.29 is 0 Å². The Morgan fingerprint density at radius 2 is 2.27 bits per heavy atom. The molecule has 1 aliphatic rings. The highest BCUT2D eigenvalue weighted by molar-refractivity contribution is 5.69. The fraction of sp³-hybridized carbons (Fsp3) is 0. The summed E-state index contributed by atoms with van der Waals surface area (Å²) in [4.78, 5) is 0. The minimum Gasteiger partial charge on any atom is -0.361 e. The average molecular weight is 142 g/mol. The molecule has 0 amide bonds. The summed E-state index contributed by atoms with van der Waals surface area (Å²) in [7, 11) is 0. The second kappa shape index (κ2) is 2.62. The predicted molar refractivity (Wildman–Crippen MR) is 47.1 cm³/mol. The first-order chi connectivity index (χ1) is 5.47. The fourth-order valence-electron chi connectivity index (χ4n) is 1.06. The molecule has 0 aromatic heterocycles. The van der Waals surface area contributed by atoms with Crippen LogP contribution in [0.4, 0.5) is 5.69 Å². The second-order valence-corrected chi connectivity index (χ2v) is 2.36. The van der Waals surface area contributed by atoms with Crippen LogP contribution in [0.2, 0.25) is 0 Å². The van der Waals surface area contributed by atoms with Gasteiger partial charge in [-0.2, -0.15) is 0 Å².